The van der Waals surface area contributed by atoms with E-state index in [2.05, 4.69) is 10.3 Å². The van der Waals surface area contributed by atoms with Crippen LogP contribution in [0.2, 0.25) is 0 Å². The summed E-state index contributed by atoms with van der Waals surface area (Å²) in [5, 5.41) is 12.3. The van der Waals surface area contributed by atoms with Gasteiger partial charge < -0.3 is 19.9 Å². The van der Waals surface area contributed by atoms with Crippen LogP contribution in [-0.2, 0) is 10.2 Å². The van der Waals surface area contributed by atoms with Gasteiger partial charge in [-0.2, -0.15) is 0 Å². The van der Waals surface area contributed by atoms with E-state index in [1.807, 2.05) is 37.3 Å². The van der Waals surface area contributed by atoms with E-state index in [4.69, 9.17) is 9.47 Å². The molecule has 7 nitrogen and oxygen atoms in total. The monoisotopic (exact) mass is 418 g/mol. The number of nitrogens with one attached hydrogen (secondary N) is 1. The maximum Gasteiger partial charge on any atom is 0.335 e. The fraction of sp³-hybridized carbons (Fsp3) is 0.208. The van der Waals surface area contributed by atoms with Crippen molar-refractivity contribution < 1.29 is 25.6 Å². The van der Waals surface area contributed by atoms with Crippen LogP contribution in [0.3, 0.4) is 0 Å². The lowest BCUT2D eigenvalue weighted by molar-refractivity contribution is -0.118. The quantitative estimate of drug-likeness (QED) is 0.637. The topological polar surface area (TPSA) is 97.8 Å². The van der Waals surface area contributed by atoms with Gasteiger partial charge in [-0.25, -0.2) is 4.79 Å². The molecule has 0 atom stereocenters. The molecule has 0 unspecified atom stereocenters. The molecular weight excluding hydrogens is 396 g/mol. The summed E-state index contributed by atoms with van der Waals surface area (Å²) in [6, 6.07) is 14.1. The number of hydrogen-bond donors (Lipinski definition) is 2. The predicted octanol–water partition coefficient (Wildman–Crippen LogP) is 4.40. The van der Waals surface area contributed by atoms with Gasteiger partial charge in [0.15, 0.2) is 11.5 Å². The van der Waals surface area contributed by atoms with Crippen molar-refractivity contribution in [1.29, 1.82) is 0 Å². The molecular formula is C24H22N2O5. The second kappa shape index (κ2) is 7.12. The van der Waals surface area contributed by atoms with Gasteiger partial charge in [0.2, 0.25) is 12.7 Å². The number of carboxylic acid groups (broad SMARTS) is 1. The molecule has 1 aliphatic carbocycles. The number of rotatable bonds is 5. The molecule has 1 aliphatic heterocycles. The van der Waals surface area contributed by atoms with Crippen LogP contribution in [0.25, 0.3) is 11.1 Å². The molecule has 0 radical (unpaired) electrons. The Bertz CT molecular complexity index is 1220. The van der Waals surface area contributed by atoms with Gasteiger partial charge >= 0.3 is 5.97 Å². The second-order valence-electron chi connectivity index (χ2n) is 7.85. The zero-order chi connectivity index (χ0) is 21.6. The number of nitrogens with zero attached hydrogens (tertiary/aromatic N) is 1. The van der Waals surface area contributed by atoms with Crippen molar-refractivity contribution in [3.63, 3.8) is 0 Å². The van der Waals surface area contributed by atoms with E-state index in [1.54, 1.807) is 24.4 Å². The Morgan fingerprint density at radius 2 is 1.90 bits per heavy atom. The van der Waals surface area contributed by atoms with E-state index in [1.165, 1.54) is 0 Å². The molecule has 0 saturated heterocycles. The van der Waals surface area contributed by atoms with E-state index < -0.39 is 11.4 Å². The molecule has 1 aromatic heterocycles. The number of ether oxygens (including phenoxy) is 2. The Morgan fingerprint density at radius 3 is 2.68 bits per heavy atom. The molecule has 5 rings (SSSR count). The Labute approximate surface area is 180 Å². The first-order valence-corrected chi connectivity index (χ1v) is 9.98. The maximum absolute atomic E-state index is 13.2. The minimum absolute atomic E-state index is 0. The average Bonchev–Trinajstić information content (AvgIpc) is 3.46. The third-order valence-electron chi connectivity index (χ3n) is 5.88. The minimum atomic E-state index is -0.990. The van der Waals surface area contributed by atoms with Gasteiger partial charge in [-0.1, -0.05) is 18.2 Å². The molecule has 158 valence electrons. The summed E-state index contributed by atoms with van der Waals surface area (Å²) < 4.78 is 10.8. The van der Waals surface area contributed by atoms with Gasteiger partial charge in [0, 0.05) is 12.7 Å². The molecule has 7 heteroatoms. The van der Waals surface area contributed by atoms with Crippen LogP contribution < -0.4 is 14.8 Å². The standard InChI is InChI=1S/C24H20N2O5.H2/c1-14-19(15-3-2-4-16(9-15)22(27)28)11-18(12-25-14)26-23(29)24(7-8-24)17-5-6-20-21(10-17)31-13-30-20;/h2-6,9-12H,7-8,13H2,1H3,(H,26,29)(H,27,28);1H. The van der Waals surface area contributed by atoms with Crippen LogP contribution in [-0.4, -0.2) is 28.8 Å². The molecule has 1 fully saturated rings. The number of fused-ring (bicyclic) bond motifs is 1. The van der Waals surface area contributed by atoms with Gasteiger partial charge in [-0.3, -0.25) is 9.78 Å². The van der Waals surface area contributed by atoms with E-state index in [0.29, 0.717) is 17.2 Å². The lowest BCUT2D eigenvalue weighted by atomic mass is 9.94. The number of carbonyl (C=O) groups is 2. The molecule has 2 aliphatic rings. The number of pyridine rings is 1. The number of anilines is 1. The van der Waals surface area contributed by atoms with Crippen molar-refractivity contribution in [1.82, 2.24) is 4.98 Å². The van der Waals surface area contributed by atoms with Gasteiger partial charge in [0.25, 0.3) is 0 Å². The summed E-state index contributed by atoms with van der Waals surface area (Å²) in [6.07, 6.45) is 3.13. The number of benzene rings is 2. The molecule has 1 saturated carbocycles. The molecule has 2 heterocycles. The largest absolute Gasteiger partial charge is 0.478 e. The SMILES string of the molecule is Cc1ncc(NC(=O)C2(c3ccc4c(c3)OCO4)CC2)cc1-c1cccc(C(=O)O)c1.[HH]. The first-order valence-electron chi connectivity index (χ1n) is 9.98. The minimum Gasteiger partial charge on any atom is -0.478 e. The molecule has 2 N–H and O–H groups in total. The summed E-state index contributed by atoms with van der Waals surface area (Å²) >= 11 is 0. The highest BCUT2D eigenvalue weighted by molar-refractivity contribution is 6.02. The zero-order valence-corrected chi connectivity index (χ0v) is 16.8. The lowest BCUT2D eigenvalue weighted by Crippen LogP contribution is -2.27. The number of amides is 1. The Hall–Kier alpha value is -3.87. The second-order valence-corrected chi connectivity index (χ2v) is 7.85. The lowest BCUT2D eigenvalue weighted by Gasteiger charge is -2.17. The Morgan fingerprint density at radius 1 is 1.10 bits per heavy atom. The van der Waals surface area contributed by atoms with E-state index in [9.17, 15) is 14.7 Å². The molecule has 2 aromatic carbocycles. The van der Waals surface area contributed by atoms with Crippen LogP contribution in [0.5, 0.6) is 11.5 Å². The smallest absolute Gasteiger partial charge is 0.335 e. The fourth-order valence-electron chi connectivity index (χ4n) is 3.93. The number of aryl methyl sites for hydroxylation is 1. The predicted molar refractivity (Wildman–Crippen MR) is 116 cm³/mol. The third-order valence-corrected chi connectivity index (χ3v) is 5.88. The molecule has 0 spiro atoms. The Kier molecular flexibility index (Phi) is 4.39. The average molecular weight is 418 g/mol. The normalized spacial score (nSPS) is 15.4. The first-order chi connectivity index (χ1) is 15.0. The molecule has 1 amide bonds. The van der Waals surface area contributed by atoms with Gasteiger partial charge in [-0.15, -0.1) is 0 Å². The van der Waals surface area contributed by atoms with Crippen LogP contribution in [0.15, 0.2) is 54.7 Å². The van der Waals surface area contributed by atoms with Crippen LogP contribution in [0.1, 0.15) is 35.9 Å². The highest BCUT2D eigenvalue weighted by Gasteiger charge is 2.51. The van der Waals surface area contributed by atoms with E-state index in [-0.39, 0.29) is 19.7 Å². The Balaban J connectivity index is 0.00000245. The summed E-state index contributed by atoms with van der Waals surface area (Å²) in [6.45, 7) is 2.04. The van der Waals surface area contributed by atoms with Gasteiger partial charge in [-0.05, 0) is 61.2 Å². The van der Waals surface area contributed by atoms with Gasteiger partial charge in [0.05, 0.1) is 22.9 Å². The van der Waals surface area contributed by atoms with E-state index >= 15 is 0 Å². The molecule has 31 heavy (non-hydrogen) atoms. The number of hydrogen-bond acceptors (Lipinski definition) is 5. The highest BCUT2D eigenvalue weighted by atomic mass is 16.7. The number of carbonyl (C=O) groups excluding carboxylic acids is 1. The number of carboxylic acids is 1. The van der Waals surface area contributed by atoms with Crippen molar-refractivity contribution >= 4 is 17.6 Å². The van der Waals surface area contributed by atoms with Crippen LogP contribution in [0.4, 0.5) is 5.69 Å². The number of aromatic nitrogens is 1. The van der Waals surface area contributed by atoms with Crippen molar-refractivity contribution in [3.05, 3.63) is 71.5 Å². The van der Waals surface area contributed by atoms with Crippen LogP contribution in [0, 0.1) is 6.92 Å². The number of aromatic carboxylic acids is 1. The maximum atomic E-state index is 13.2. The highest BCUT2D eigenvalue weighted by Crippen LogP contribution is 2.51. The van der Waals surface area contributed by atoms with Crippen molar-refractivity contribution in [2.45, 2.75) is 25.2 Å². The molecule has 0 bridgehead atoms. The third kappa shape index (κ3) is 3.38. The van der Waals surface area contributed by atoms with Gasteiger partial charge in [0.1, 0.15) is 0 Å². The first kappa shape index (κ1) is 19.1. The fourth-order valence-corrected chi connectivity index (χ4v) is 3.93. The summed E-state index contributed by atoms with van der Waals surface area (Å²) in [4.78, 5) is 28.9. The van der Waals surface area contributed by atoms with Crippen molar-refractivity contribution in [2.75, 3.05) is 12.1 Å². The zero-order valence-electron chi connectivity index (χ0n) is 16.8. The van der Waals surface area contributed by atoms with Crippen molar-refractivity contribution in [3.8, 4) is 22.6 Å². The van der Waals surface area contributed by atoms with Crippen LogP contribution >= 0.6 is 0 Å². The summed E-state index contributed by atoms with van der Waals surface area (Å²) in [7, 11) is 0. The molecule has 3 aromatic rings. The van der Waals surface area contributed by atoms with Crippen molar-refractivity contribution in [2.24, 2.45) is 0 Å². The van der Waals surface area contributed by atoms with E-state index in [0.717, 1.165) is 35.2 Å². The summed E-state index contributed by atoms with van der Waals surface area (Å²) in [5.74, 6) is 0.267. The summed E-state index contributed by atoms with van der Waals surface area (Å²) in [5.41, 5.74) is 3.34.